The van der Waals surface area contributed by atoms with Crippen molar-refractivity contribution < 1.29 is 38.1 Å². The number of nitrogens with one attached hydrogen (secondary N) is 2. The lowest BCUT2D eigenvalue weighted by Gasteiger charge is -2.23. The van der Waals surface area contributed by atoms with E-state index in [1.165, 1.54) is 70.6 Å². The first-order chi connectivity index (χ1) is 25.8. The largest absolute Gasteiger partial charge is 0.481 e. The number of hydrogen-bond donors (Lipinski definition) is 5. The maximum atomic E-state index is 12.4. The SMILES string of the molecule is CC(C)(C)OC(=O)C[C@@H](CCCC1CCCCC1)c1nc(CNCC(N)=O)no1.NC(=O)CNCc1noc([C@H](CCCC2CCCCC2)CC(=O)O)n1. The molecule has 54 heavy (non-hydrogen) atoms. The molecular weight excluding hydrogens is 696 g/mol. The average Bonchev–Trinajstić information content (AvgIpc) is 3.78. The van der Waals surface area contributed by atoms with Gasteiger partial charge in [-0.1, -0.05) is 100 Å². The molecular formula is C38H64N8O8. The fourth-order valence-electron chi connectivity index (χ4n) is 7.28. The van der Waals surface area contributed by atoms with Crippen LogP contribution in [0.3, 0.4) is 0 Å². The molecule has 2 aliphatic carbocycles. The first-order valence-electron chi connectivity index (χ1n) is 19.8. The van der Waals surface area contributed by atoms with Crippen LogP contribution >= 0.6 is 0 Å². The standard InChI is InChI=1S/C21H36N4O4.C17H28N4O4/c1-21(2,3)28-19(27)12-16(11-7-10-15-8-5-4-6-9-15)20-24-18(25-29-20)14-23-13-17(22)26;18-14(22)10-19-11-15-20-17(25-21-15)13(9-16(23)24)8-4-7-12-5-2-1-3-6-12/h15-16,23H,4-14H2,1-3H3,(H2,22,26);12-13,19H,1-11H2,(H2,18,22)(H,23,24)/t16-;13-/m11/s1. The van der Waals surface area contributed by atoms with Crippen LogP contribution in [0.25, 0.3) is 0 Å². The van der Waals surface area contributed by atoms with Gasteiger partial charge in [-0.2, -0.15) is 9.97 Å². The number of hydrogen-bond acceptors (Lipinski definition) is 13. The van der Waals surface area contributed by atoms with Gasteiger partial charge in [-0.25, -0.2) is 0 Å². The van der Waals surface area contributed by atoms with Gasteiger partial charge in [0.2, 0.25) is 23.6 Å². The Labute approximate surface area is 319 Å². The molecule has 2 atom stereocenters. The molecule has 0 unspecified atom stereocenters. The van der Waals surface area contributed by atoms with Crippen LogP contribution in [0, 0.1) is 11.8 Å². The van der Waals surface area contributed by atoms with Crippen LogP contribution in [0.4, 0.5) is 0 Å². The van der Waals surface area contributed by atoms with Gasteiger partial charge in [-0.15, -0.1) is 0 Å². The van der Waals surface area contributed by atoms with E-state index in [1.807, 2.05) is 20.8 Å². The lowest BCUT2D eigenvalue weighted by atomic mass is 9.84. The van der Waals surface area contributed by atoms with E-state index < -0.39 is 23.4 Å². The number of amides is 2. The Morgan fingerprint density at radius 3 is 1.56 bits per heavy atom. The summed E-state index contributed by atoms with van der Waals surface area (Å²) >= 11 is 0. The third kappa shape index (κ3) is 18.9. The molecule has 2 aliphatic rings. The van der Waals surface area contributed by atoms with Gasteiger partial charge in [0.1, 0.15) is 5.60 Å². The van der Waals surface area contributed by atoms with Crippen LogP contribution in [0.15, 0.2) is 9.05 Å². The number of carbonyl (C=O) groups excluding carboxylic acids is 3. The summed E-state index contributed by atoms with van der Waals surface area (Å²) in [5, 5.41) is 22.6. The Bertz CT molecular complexity index is 1410. The van der Waals surface area contributed by atoms with Crippen LogP contribution in [-0.4, -0.2) is 67.8 Å². The van der Waals surface area contributed by atoms with Gasteiger partial charge in [0.05, 0.1) is 39.0 Å². The predicted molar refractivity (Wildman–Crippen MR) is 199 cm³/mol. The number of nitrogens with two attached hydrogens (primary N) is 2. The summed E-state index contributed by atoms with van der Waals surface area (Å²) in [6.45, 7) is 6.20. The zero-order chi connectivity index (χ0) is 39.3. The van der Waals surface area contributed by atoms with Gasteiger partial charge in [-0.05, 0) is 45.4 Å². The van der Waals surface area contributed by atoms with Crippen molar-refractivity contribution in [3.05, 3.63) is 23.4 Å². The Hall–Kier alpha value is -3.92. The topological polar surface area (TPSA) is 252 Å². The molecule has 0 bridgehead atoms. The minimum absolute atomic E-state index is 0.0129. The molecule has 2 aromatic heterocycles. The highest BCUT2D eigenvalue weighted by atomic mass is 16.6. The molecule has 0 aromatic carbocycles. The number of carboxylic acids is 1. The van der Waals surface area contributed by atoms with Crippen molar-refractivity contribution in [3.63, 3.8) is 0 Å². The van der Waals surface area contributed by atoms with E-state index in [2.05, 4.69) is 30.9 Å². The molecule has 0 aliphatic heterocycles. The van der Waals surface area contributed by atoms with Crippen molar-refractivity contribution in [2.24, 2.45) is 23.3 Å². The Kier molecular flexibility index (Phi) is 19.6. The Morgan fingerprint density at radius 1 is 0.741 bits per heavy atom. The lowest BCUT2D eigenvalue weighted by Crippen LogP contribution is -2.28. The van der Waals surface area contributed by atoms with Crippen molar-refractivity contribution in [1.82, 2.24) is 30.9 Å². The van der Waals surface area contributed by atoms with Crippen molar-refractivity contribution in [1.29, 1.82) is 0 Å². The molecule has 0 radical (unpaired) electrons. The summed E-state index contributed by atoms with van der Waals surface area (Å²) in [6, 6.07) is 0. The molecule has 2 aromatic rings. The number of aliphatic carboxylic acids is 1. The second-order valence-corrected chi connectivity index (χ2v) is 15.9. The highest BCUT2D eigenvalue weighted by Crippen LogP contribution is 2.33. The number of carboxylic acid groups (broad SMARTS) is 1. The molecule has 2 fully saturated rings. The highest BCUT2D eigenvalue weighted by molar-refractivity contribution is 5.76. The molecule has 304 valence electrons. The number of carbonyl (C=O) groups is 4. The van der Waals surface area contributed by atoms with Gasteiger partial charge >= 0.3 is 11.9 Å². The monoisotopic (exact) mass is 760 g/mol. The van der Waals surface area contributed by atoms with Gasteiger partial charge < -0.3 is 41.0 Å². The predicted octanol–water partition coefficient (Wildman–Crippen LogP) is 5.16. The molecule has 2 saturated carbocycles. The number of rotatable bonds is 22. The minimum Gasteiger partial charge on any atom is -0.481 e. The van der Waals surface area contributed by atoms with Gasteiger partial charge in [0.25, 0.3) is 0 Å². The molecule has 2 heterocycles. The molecule has 4 rings (SSSR count). The summed E-state index contributed by atoms with van der Waals surface area (Å²) in [5.74, 6) is 0.774. The maximum absolute atomic E-state index is 12.4. The van der Waals surface area contributed by atoms with Crippen LogP contribution in [0.2, 0.25) is 0 Å². The van der Waals surface area contributed by atoms with E-state index in [-0.39, 0.29) is 56.8 Å². The van der Waals surface area contributed by atoms with Crippen molar-refractivity contribution in [2.45, 2.75) is 167 Å². The second-order valence-electron chi connectivity index (χ2n) is 15.9. The number of aromatic nitrogens is 4. The second kappa shape index (κ2) is 23.8. The fraction of sp³-hybridized carbons (Fsp3) is 0.789. The summed E-state index contributed by atoms with van der Waals surface area (Å²) in [5.41, 5.74) is 9.64. The van der Waals surface area contributed by atoms with E-state index in [9.17, 15) is 19.2 Å². The molecule has 0 spiro atoms. The van der Waals surface area contributed by atoms with E-state index in [0.717, 1.165) is 43.9 Å². The quantitative estimate of drug-likeness (QED) is 0.0972. The zero-order valence-corrected chi connectivity index (χ0v) is 32.6. The summed E-state index contributed by atoms with van der Waals surface area (Å²) in [6.07, 6.45) is 19.3. The third-order valence-corrected chi connectivity index (χ3v) is 9.86. The van der Waals surface area contributed by atoms with E-state index in [0.29, 0.717) is 23.4 Å². The summed E-state index contributed by atoms with van der Waals surface area (Å²) < 4.78 is 16.2. The highest BCUT2D eigenvalue weighted by Gasteiger charge is 2.27. The van der Waals surface area contributed by atoms with Crippen LogP contribution in [0.1, 0.15) is 172 Å². The van der Waals surface area contributed by atoms with Gasteiger partial charge in [-0.3, -0.25) is 19.2 Å². The van der Waals surface area contributed by atoms with Crippen molar-refractivity contribution in [2.75, 3.05) is 13.1 Å². The Morgan fingerprint density at radius 2 is 1.17 bits per heavy atom. The third-order valence-electron chi connectivity index (χ3n) is 9.86. The van der Waals surface area contributed by atoms with Crippen LogP contribution < -0.4 is 22.1 Å². The zero-order valence-electron chi connectivity index (χ0n) is 32.6. The van der Waals surface area contributed by atoms with Crippen molar-refractivity contribution >= 4 is 23.8 Å². The van der Waals surface area contributed by atoms with E-state index >= 15 is 0 Å². The number of ether oxygens (including phenoxy) is 1. The average molecular weight is 761 g/mol. The molecule has 2 amide bonds. The maximum Gasteiger partial charge on any atom is 0.307 e. The lowest BCUT2D eigenvalue weighted by molar-refractivity contribution is -0.155. The summed E-state index contributed by atoms with van der Waals surface area (Å²) in [7, 11) is 0. The minimum atomic E-state index is -0.866. The number of esters is 1. The number of nitrogens with zero attached hydrogens (tertiary/aromatic N) is 4. The summed E-state index contributed by atoms with van der Waals surface area (Å²) in [4.78, 5) is 53.8. The first kappa shape index (κ1) is 44.5. The molecule has 16 nitrogen and oxygen atoms in total. The first-order valence-corrected chi connectivity index (χ1v) is 19.8. The fourth-order valence-corrected chi connectivity index (χ4v) is 7.28. The molecule has 16 heteroatoms. The number of primary amides is 2. The Balaban J connectivity index is 0.000000294. The molecule has 7 N–H and O–H groups in total. The normalized spacial score (nSPS) is 16.6. The van der Waals surface area contributed by atoms with Crippen molar-refractivity contribution in [3.8, 4) is 0 Å². The van der Waals surface area contributed by atoms with E-state index in [1.54, 1.807) is 0 Å². The molecule has 0 saturated heterocycles. The van der Waals surface area contributed by atoms with Gasteiger partial charge in [0, 0.05) is 11.8 Å². The smallest absolute Gasteiger partial charge is 0.307 e. The van der Waals surface area contributed by atoms with Gasteiger partial charge in [0.15, 0.2) is 11.6 Å². The van der Waals surface area contributed by atoms with Crippen LogP contribution in [0.5, 0.6) is 0 Å². The van der Waals surface area contributed by atoms with Crippen LogP contribution in [-0.2, 0) is 37.0 Å². The van der Waals surface area contributed by atoms with E-state index in [4.69, 9.17) is 30.4 Å².